The zero-order chi connectivity index (χ0) is 52.3. The first-order chi connectivity index (χ1) is 34.3. The van der Waals surface area contributed by atoms with E-state index in [0.717, 1.165) is 17.2 Å². The summed E-state index contributed by atoms with van der Waals surface area (Å²) < 4.78 is 43.9. The molecule has 0 radical (unpaired) electrons. The molecule has 0 bridgehead atoms. The lowest BCUT2D eigenvalue weighted by Crippen LogP contribution is -2.48. The van der Waals surface area contributed by atoms with Crippen LogP contribution < -0.4 is 20.1 Å². The molecule has 6 rings (SSSR count). The molecule has 4 aromatic rings. The van der Waals surface area contributed by atoms with Gasteiger partial charge in [0.15, 0.2) is 23.0 Å². The number of β-amino-alcohol motifs (C(OH)–C–C–N with tert-alkyl or cyclic N) is 2. The molecule has 0 saturated carbocycles. The predicted molar refractivity (Wildman–Crippen MR) is 264 cm³/mol. The predicted octanol–water partition coefficient (Wildman–Crippen LogP) is 5.49. The number of carbonyl (C=O) groups excluding carboxylic acids is 4. The van der Waals surface area contributed by atoms with Crippen LogP contribution in [0.4, 0.5) is 0 Å². The van der Waals surface area contributed by atoms with Crippen LogP contribution in [0.15, 0.2) is 84.9 Å². The number of esters is 4. The third-order valence-electron chi connectivity index (χ3n) is 11.6. The van der Waals surface area contributed by atoms with E-state index in [1.54, 1.807) is 26.0 Å². The maximum atomic E-state index is 13.1. The summed E-state index contributed by atoms with van der Waals surface area (Å²) in [7, 11) is 0. The van der Waals surface area contributed by atoms with Gasteiger partial charge in [0.1, 0.15) is 51.8 Å². The monoisotopic (exact) mass is 1000 g/mol. The Kier molecular flexibility index (Phi) is 21.6. The number of aliphatic hydroxyl groups is 2. The molecule has 18 nitrogen and oxygen atoms in total. The molecule has 2 heterocycles. The van der Waals surface area contributed by atoms with E-state index >= 15 is 0 Å². The molecule has 6 N–H and O–H groups in total. The van der Waals surface area contributed by atoms with E-state index < -0.39 is 41.0 Å². The Balaban J connectivity index is 0.000000289. The van der Waals surface area contributed by atoms with Gasteiger partial charge < -0.3 is 69.0 Å². The minimum Gasteiger partial charge on any atom is -0.504 e. The number of aromatic hydroxyl groups is 2. The van der Waals surface area contributed by atoms with E-state index in [4.69, 9.17) is 37.9 Å². The normalized spacial score (nSPS) is 16.4. The lowest BCUT2D eigenvalue weighted by atomic mass is 10.1. The van der Waals surface area contributed by atoms with Crippen LogP contribution >= 0.6 is 0 Å². The third-order valence-corrected chi connectivity index (χ3v) is 11.6. The molecular formula is C54H70N2O16. The van der Waals surface area contributed by atoms with Crippen LogP contribution in [0, 0.1) is 25.7 Å². The van der Waals surface area contributed by atoms with Crippen molar-refractivity contribution in [3.63, 3.8) is 0 Å². The van der Waals surface area contributed by atoms with E-state index in [1.165, 1.54) is 6.07 Å². The Labute approximate surface area is 420 Å². The Morgan fingerprint density at radius 3 is 1.43 bits per heavy atom. The molecule has 2 fully saturated rings. The van der Waals surface area contributed by atoms with Crippen LogP contribution in [0.3, 0.4) is 0 Å². The average Bonchev–Trinajstić information content (AvgIpc) is 4.13. The van der Waals surface area contributed by atoms with Gasteiger partial charge in [0.25, 0.3) is 0 Å². The summed E-state index contributed by atoms with van der Waals surface area (Å²) in [6.45, 7) is 13.4. The van der Waals surface area contributed by atoms with Gasteiger partial charge in [-0.1, -0.05) is 60.7 Å². The smallest absolute Gasteiger partial charge is 0.338 e. The molecule has 2 unspecified atom stereocenters. The Morgan fingerprint density at radius 2 is 1.00 bits per heavy atom. The SMILES string of the molecule is Cc1cc(O)c(O)cc1C(=O)OC[C@@H](O)CNC(C)(C)COC(=O)C1CCOC1.Cc1cc(OCc2ccccc2)c(OCc2ccccc2)cc1C(=O)OC[C@@H](O)CNC(C)(C)COC(=O)C1CCOC1. The van der Waals surface area contributed by atoms with Crippen LogP contribution in [0.2, 0.25) is 0 Å². The number of hydrogen-bond acceptors (Lipinski definition) is 18. The molecule has 392 valence electrons. The minimum absolute atomic E-state index is 0.101. The summed E-state index contributed by atoms with van der Waals surface area (Å²) in [4.78, 5) is 49.3. The van der Waals surface area contributed by atoms with Crippen molar-refractivity contribution in [1.82, 2.24) is 10.6 Å². The number of aliphatic hydroxyl groups excluding tert-OH is 2. The zero-order valence-electron chi connectivity index (χ0n) is 42.0. The van der Waals surface area contributed by atoms with Gasteiger partial charge in [0.05, 0.1) is 36.2 Å². The summed E-state index contributed by atoms with van der Waals surface area (Å²) in [5, 5.41) is 45.8. The van der Waals surface area contributed by atoms with Crippen LogP contribution in [0.25, 0.3) is 0 Å². The first-order valence-electron chi connectivity index (χ1n) is 24.0. The number of carbonyl (C=O) groups is 4. The fourth-order valence-corrected chi connectivity index (χ4v) is 7.17. The van der Waals surface area contributed by atoms with E-state index in [-0.39, 0.29) is 74.6 Å². The molecule has 0 aliphatic carbocycles. The minimum atomic E-state index is -0.983. The molecule has 2 saturated heterocycles. The second kappa shape index (κ2) is 27.5. The number of aryl methyl sites for hydroxylation is 2. The summed E-state index contributed by atoms with van der Waals surface area (Å²) >= 11 is 0. The van der Waals surface area contributed by atoms with E-state index in [0.29, 0.717) is 80.7 Å². The van der Waals surface area contributed by atoms with Crippen LogP contribution in [0.1, 0.15) is 83.5 Å². The van der Waals surface area contributed by atoms with Crippen molar-refractivity contribution in [2.24, 2.45) is 11.8 Å². The van der Waals surface area contributed by atoms with Gasteiger partial charge in [-0.3, -0.25) is 9.59 Å². The number of phenolic OH excluding ortho intramolecular Hbond substituents is 2. The summed E-state index contributed by atoms with van der Waals surface area (Å²) in [5.74, 6) is -2.14. The fourth-order valence-electron chi connectivity index (χ4n) is 7.17. The quantitative estimate of drug-likeness (QED) is 0.0289. The Bertz CT molecular complexity index is 2370. The lowest BCUT2D eigenvalue weighted by molar-refractivity contribution is -0.151. The van der Waals surface area contributed by atoms with Gasteiger partial charge in [-0.05, 0) is 101 Å². The van der Waals surface area contributed by atoms with Crippen molar-refractivity contribution >= 4 is 23.9 Å². The van der Waals surface area contributed by atoms with E-state index in [2.05, 4.69) is 10.6 Å². The second-order valence-corrected chi connectivity index (χ2v) is 19.2. The third kappa shape index (κ3) is 18.7. The first kappa shape index (κ1) is 56.6. The van der Waals surface area contributed by atoms with Gasteiger partial charge in [0, 0.05) is 37.4 Å². The molecule has 4 aromatic carbocycles. The number of phenols is 2. The molecule has 4 atom stereocenters. The van der Waals surface area contributed by atoms with Crippen molar-refractivity contribution in [2.45, 2.75) is 90.9 Å². The second-order valence-electron chi connectivity index (χ2n) is 19.2. The summed E-state index contributed by atoms with van der Waals surface area (Å²) in [5.41, 5.74) is 2.32. The average molecular weight is 1000 g/mol. The van der Waals surface area contributed by atoms with E-state index in [9.17, 15) is 39.6 Å². The number of nitrogens with one attached hydrogen (secondary N) is 2. The number of ether oxygens (including phenoxy) is 8. The molecular weight excluding hydrogens is 933 g/mol. The van der Waals surface area contributed by atoms with Crippen molar-refractivity contribution in [3.8, 4) is 23.0 Å². The van der Waals surface area contributed by atoms with Gasteiger partial charge in [-0.25, -0.2) is 9.59 Å². The molecule has 0 amide bonds. The topological polar surface area (TPSA) is 247 Å². The maximum Gasteiger partial charge on any atom is 0.338 e. The molecule has 2 aliphatic rings. The molecule has 2 aliphatic heterocycles. The standard InChI is InChI=1S/C34H41NO8.C20H29NO8/c1-24-16-30(40-19-25-10-6-4-7-11-25)31(41-20-26-12-8-5-9-13-26)17-29(24)33(38)42-22-28(36)18-35-34(2,3)23-43-32(37)27-14-15-39-21-27;1-12-6-16(23)17(24)7-15(12)19(26)28-10-14(22)8-21-20(2,3)11-29-18(25)13-4-5-27-9-13/h4-13,16-17,27-28,35-36H,14-15,18-23H2,1-3H3;6-7,13-14,21-24H,4-5,8-11H2,1-3H3/t27?,28-;13?,14-/m00/s1. The van der Waals surface area contributed by atoms with Crippen molar-refractivity contribution in [2.75, 3.05) is 65.9 Å². The summed E-state index contributed by atoms with van der Waals surface area (Å²) in [6, 6.07) is 25.3. The Morgan fingerprint density at radius 1 is 0.597 bits per heavy atom. The first-order valence-corrected chi connectivity index (χ1v) is 24.0. The lowest BCUT2D eigenvalue weighted by Gasteiger charge is -2.27. The van der Waals surface area contributed by atoms with E-state index in [1.807, 2.05) is 88.4 Å². The highest BCUT2D eigenvalue weighted by molar-refractivity contribution is 5.92. The largest absolute Gasteiger partial charge is 0.504 e. The summed E-state index contributed by atoms with van der Waals surface area (Å²) in [6.07, 6.45) is -0.622. The van der Waals surface area contributed by atoms with Crippen molar-refractivity contribution in [1.29, 1.82) is 0 Å². The molecule has 72 heavy (non-hydrogen) atoms. The van der Waals surface area contributed by atoms with Gasteiger partial charge in [0.2, 0.25) is 0 Å². The Hall–Kier alpha value is -6.28. The van der Waals surface area contributed by atoms with Gasteiger partial charge >= 0.3 is 23.9 Å². The fraction of sp³-hybridized carbons (Fsp3) is 0.481. The molecule has 0 aromatic heterocycles. The van der Waals surface area contributed by atoms with Crippen LogP contribution in [0.5, 0.6) is 23.0 Å². The highest BCUT2D eigenvalue weighted by atomic mass is 16.6. The number of benzene rings is 4. The van der Waals surface area contributed by atoms with Gasteiger partial charge in [-0.2, -0.15) is 0 Å². The zero-order valence-corrected chi connectivity index (χ0v) is 42.0. The molecule has 18 heteroatoms. The molecule has 0 spiro atoms. The van der Waals surface area contributed by atoms with Gasteiger partial charge in [-0.15, -0.1) is 0 Å². The van der Waals surface area contributed by atoms with Crippen molar-refractivity contribution < 1.29 is 77.5 Å². The highest BCUT2D eigenvalue weighted by Gasteiger charge is 2.30. The highest BCUT2D eigenvalue weighted by Crippen LogP contribution is 2.33. The van der Waals surface area contributed by atoms with Crippen molar-refractivity contribution in [3.05, 3.63) is 118 Å². The van der Waals surface area contributed by atoms with Crippen LogP contribution in [-0.2, 0) is 51.2 Å². The number of hydrogen-bond donors (Lipinski definition) is 6. The maximum absolute atomic E-state index is 13.1. The number of rotatable bonds is 24. The van der Waals surface area contributed by atoms with Crippen LogP contribution in [-0.4, -0.2) is 134 Å².